The summed E-state index contributed by atoms with van der Waals surface area (Å²) in [5, 5.41) is 2.76. The fraction of sp³-hybridized carbons (Fsp3) is 0.467. The van der Waals surface area contributed by atoms with Crippen LogP contribution in [0.3, 0.4) is 0 Å². The molecule has 1 aromatic rings. The number of carbonyl (C=O) groups excluding carboxylic acids is 2. The summed E-state index contributed by atoms with van der Waals surface area (Å²) in [5.74, 6) is -0.431. The number of ether oxygens (including phenoxy) is 1. The number of carbonyl (C=O) groups is 2. The average Bonchev–Trinajstić information content (AvgIpc) is 2.45. The van der Waals surface area contributed by atoms with E-state index in [2.05, 4.69) is 17.4 Å². The summed E-state index contributed by atoms with van der Waals surface area (Å²) in [4.78, 5) is 23.4. The van der Waals surface area contributed by atoms with Crippen molar-refractivity contribution in [2.24, 2.45) is 5.92 Å². The zero-order valence-electron chi connectivity index (χ0n) is 12.1. The molecule has 20 heavy (non-hydrogen) atoms. The number of benzene rings is 1. The Balaban J connectivity index is 2.37. The maximum atomic E-state index is 11.9. The van der Waals surface area contributed by atoms with Crippen LogP contribution in [0.25, 0.3) is 0 Å². The summed E-state index contributed by atoms with van der Waals surface area (Å²) >= 11 is -0.328. The molecular formula is C15H21NO3Te. The van der Waals surface area contributed by atoms with Crippen LogP contribution < -0.4 is 8.93 Å². The van der Waals surface area contributed by atoms with E-state index in [4.69, 9.17) is 4.74 Å². The van der Waals surface area contributed by atoms with Gasteiger partial charge < -0.3 is 0 Å². The number of nitrogens with one attached hydrogen (secondary N) is 1. The molecular weight excluding hydrogens is 370 g/mol. The normalized spacial score (nSPS) is 12.0. The summed E-state index contributed by atoms with van der Waals surface area (Å²) in [5.41, 5.74) is 0. The molecule has 0 aliphatic carbocycles. The van der Waals surface area contributed by atoms with E-state index in [9.17, 15) is 9.59 Å². The van der Waals surface area contributed by atoms with Crippen LogP contribution in [0.1, 0.15) is 20.3 Å². The van der Waals surface area contributed by atoms with Gasteiger partial charge >= 0.3 is 130 Å². The molecule has 1 N–H and O–H groups in total. The van der Waals surface area contributed by atoms with Crippen molar-refractivity contribution in [1.29, 1.82) is 0 Å². The first-order valence-electron chi connectivity index (χ1n) is 6.59. The Bertz CT molecular complexity index is 434. The van der Waals surface area contributed by atoms with Crippen molar-refractivity contribution >= 4 is 36.4 Å². The molecule has 1 atom stereocenters. The standard InChI is InChI=1S/C15H21NO3Te/c1-11(2)14(15(18)19-3)16-13(17)9-10-20-12-7-5-4-6-8-12/h4-8,11,14H,9-10H2,1-3H3,(H,16,17). The average molecular weight is 391 g/mol. The predicted octanol–water partition coefficient (Wildman–Crippen LogP) is 1.14. The number of esters is 1. The Kier molecular flexibility index (Phi) is 7.64. The Morgan fingerprint density at radius 2 is 1.90 bits per heavy atom. The van der Waals surface area contributed by atoms with Crippen LogP contribution in [-0.4, -0.2) is 46.0 Å². The Morgan fingerprint density at radius 3 is 2.45 bits per heavy atom. The molecule has 1 amide bonds. The van der Waals surface area contributed by atoms with Gasteiger partial charge in [-0.3, -0.25) is 0 Å². The van der Waals surface area contributed by atoms with Crippen molar-refractivity contribution in [2.75, 3.05) is 7.11 Å². The summed E-state index contributed by atoms with van der Waals surface area (Å²) in [7, 11) is 1.34. The van der Waals surface area contributed by atoms with Crippen LogP contribution in [-0.2, 0) is 14.3 Å². The summed E-state index contributed by atoms with van der Waals surface area (Å²) in [6.07, 6.45) is 0.470. The fourth-order valence-corrected chi connectivity index (χ4v) is 4.14. The molecule has 0 fully saturated rings. The van der Waals surface area contributed by atoms with E-state index in [-0.39, 0.29) is 38.7 Å². The first kappa shape index (κ1) is 17.0. The molecule has 0 aliphatic heterocycles. The van der Waals surface area contributed by atoms with E-state index >= 15 is 0 Å². The van der Waals surface area contributed by atoms with Gasteiger partial charge in [0.25, 0.3) is 0 Å². The molecule has 0 saturated carbocycles. The van der Waals surface area contributed by atoms with Crippen molar-refractivity contribution in [3.05, 3.63) is 30.3 Å². The number of hydrogen-bond donors (Lipinski definition) is 1. The van der Waals surface area contributed by atoms with Crippen molar-refractivity contribution in [1.82, 2.24) is 5.32 Å². The number of hydrogen-bond acceptors (Lipinski definition) is 3. The minimum atomic E-state index is -0.551. The summed E-state index contributed by atoms with van der Waals surface area (Å²) < 4.78 is 6.94. The monoisotopic (exact) mass is 393 g/mol. The summed E-state index contributed by atoms with van der Waals surface area (Å²) in [6, 6.07) is 9.69. The third-order valence-electron chi connectivity index (χ3n) is 2.78. The van der Waals surface area contributed by atoms with E-state index in [0.717, 1.165) is 4.47 Å². The van der Waals surface area contributed by atoms with E-state index in [1.165, 1.54) is 10.7 Å². The van der Waals surface area contributed by atoms with Gasteiger partial charge in [0.2, 0.25) is 0 Å². The third kappa shape index (κ3) is 5.94. The van der Waals surface area contributed by atoms with Crippen molar-refractivity contribution < 1.29 is 14.3 Å². The van der Waals surface area contributed by atoms with Gasteiger partial charge in [-0.05, 0) is 0 Å². The topological polar surface area (TPSA) is 55.4 Å². The van der Waals surface area contributed by atoms with Gasteiger partial charge in [0.05, 0.1) is 0 Å². The van der Waals surface area contributed by atoms with Gasteiger partial charge in [0.15, 0.2) is 0 Å². The fourth-order valence-electron chi connectivity index (χ4n) is 1.65. The second kappa shape index (κ2) is 8.99. The van der Waals surface area contributed by atoms with Gasteiger partial charge in [0, 0.05) is 0 Å². The molecule has 0 spiro atoms. The quantitative estimate of drug-likeness (QED) is 0.561. The van der Waals surface area contributed by atoms with Crippen molar-refractivity contribution in [3.8, 4) is 0 Å². The molecule has 0 bridgehead atoms. The third-order valence-corrected chi connectivity index (χ3v) is 5.67. The zero-order valence-corrected chi connectivity index (χ0v) is 14.4. The summed E-state index contributed by atoms with van der Waals surface area (Å²) in [6.45, 7) is 3.78. The molecule has 1 unspecified atom stereocenters. The van der Waals surface area contributed by atoms with Gasteiger partial charge in [0.1, 0.15) is 0 Å². The Hall–Kier alpha value is -1.05. The molecule has 1 rings (SSSR count). The van der Waals surface area contributed by atoms with Gasteiger partial charge in [-0.1, -0.05) is 0 Å². The molecule has 1 aromatic carbocycles. The van der Waals surface area contributed by atoms with Crippen LogP contribution >= 0.6 is 0 Å². The maximum absolute atomic E-state index is 11.9. The number of methoxy groups -OCH3 is 1. The molecule has 0 aromatic heterocycles. The Labute approximate surface area is 130 Å². The van der Waals surface area contributed by atoms with E-state index in [1.54, 1.807) is 0 Å². The predicted molar refractivity (Wildman–Crippen MR) is 80.0 cm³/mol. The van der Waals surface area contributed by atoms with Gasteiger partial charge in [-0.15, -0.1) is 0 Å². The molecule has 4 nitrogen and oxygen atoms in total. The molecule has 5 heteroatoms. The van der Waals surface area contributed by atoms with Crippen molar-refractivity contribution in [3.63, 3.8) is 0 Å². The second-order valence-corrected chi connectivity index (χ2v) is 8.06. The number of rotatable bonds is 7. The zero-order chi connectivity index (χ0) is 15.0. The van der Waals surface area contributed by atoms with E-state index in [1.807, 2.05) is 32.0 Å². The van der Waals surface area contributed by atoms with E-state index in [0.29, 0.717) is 6.42 Å². The van der Waals surface area contributed by atoms with Gasteiger partial charge in [-0.2, -0.15) is 0 Å². The molecule has 110 valence electrons. The van der Waals surface area contributed by atoms with Crippen LogP contribution in [0.4, 0.5) is 0 Å². The first-order valence-corrected chi connectivity index (χ1v) is 9.41. The van der Waals surface area contributed by atoms with E-state index < -0.39 is 6.04 Å². The van der Waals surface area contributed by atoms with Crippen LogP contribution in [0.15, 0.2) is 30.3 Å². The van der Waals surface area contributed by atoms with Gasteiger partial charge in [-0.25, -0.2) is 0 Å². The minimum absolute atomic E-state index is 0.0250. The first-order chi connectivity index (χ1) is 9.54. The molecule has 0 saturated heterocycles. The molecule has 0 radical (unpaired) electrons. The van der Waals surface area contributed by atoms with Crippen LogP contribution in [0, 0.1) is 5.92 Å². The number of amides is 1. The molecule has 0 aliphatic rings. The Morgan fingerprint density at radius 1 is 1.25 bits per heavy atom. The SMILES string of the molecule is COC(=O)C(NC(=O)CC[Te]c1ccccc1)C(C)C. The van der Waals surface area contributed by atoms with Crippen LogP contribution in [0.5, 0.6) is 0 Å². The van der Waals surface area contributed by atoms with Crippen LogP contribution in [0.2, 0.25) is 4.47 Å². The molecule has 0 heterocycles. The van der Waals surface area contributed by atoms with Crippen molar-refractivity contribution in [2.45, 2.75) is 30.8 Å². The second-order valence-electron chi connectivity index (χ2n) is 4.72.